The van der Waals surface area contributed by atoms with Crippen molar-refractivity contribution in [3.05, 3.63) is 83.0 Å². The highest BCUT2D eigenvalue weighted by atomic mass is 32.1. The maximum absolute atomic E-state index is 5.24. The predicted octanol–water partition coefficient (Wildman–Crippen LogP) is 5.49. The van der Waals surface area contributed by atoms with E-state index in [2.05, 4.69) is 40.8 Å². The number of ether oxygens (including phenoxy) is 1. The Bertz CT molecular complexity index is 1140. The Labute approximate surface area is 167 Å². The van der Waals surface area contributed by atoms with E-state index in [-0.39, 0.29) is 0 Å². The van der Waals surface area contributed by atoms with Gasteiger partial charge in [-0.2, -0.15) is 5.10 Å². The van der Waals surface area contributed by atoms with Crippen molar-refractivity contribution in [3.63, 3.8) is 0 Å². The topological polar surface area (TPSA) is 39.9 Å². The molecule has 0 N–H and O–H groups in total. The van der Waals surface area contributed by atoms with E-state index in [9.17, 15) is 0 Å². The first-order chi connectivity index (χ1) is 13.8. The molecule has 0 aliphatic heterocycles. The quantitative estimate of drug-likeness (QED) is 0.466. The molecule has 0 bridgehead atoms. The van der Waals surface area contributed by atoms with Crippen LogP contribution >= 0.6 is 11.3 Å². The molecule has 0 saturated heterocycles. The lowest BCUT2D eigenvalue weighted by Crippen LogP contribution is -2.00. The molecule has 4 aromatic rings. The first-order valence-electron chi connectivity index (χ1n) is 9.25. The summed E-state index contributed by atoms with van der Waals surface area (Å²) in [5.74, 6) is 0.847. The van der Waals surface area contributed by atoms with E-state index in [0.29, 0.717) is 0 Å². The van der Waals surface area contributed by atoms with Crippen molar-refractivity contribution in [3.8, 4) is 22.1 Å². The molecule has 0 radical (unpaired) electrons. The van der Waals surface area contributed by atoms with Gasteiger partial charge >= 0.3 is 0 Å². The third-order valence-corrected chi connectivity index (χ3v) is 5.83. The summed E-state index contributed by atoms with van der Waals surface area (Å²) < 4.78 is 7.24. The second-order valence-corrected chi connectivity index (χ2v) is 7.59. The van der Waals surface area contributed by atoms with Crippen molar-refractivity contribution in [2.75, 3.05) is 7.11 Å². The smallest absolute Gasteiger partial charge is 0.211 e. The SMILES string of the molecule is COc1ccc(-c2csc(-n3ncc4c3/C(=C/c3ccccc3)CC4)n2)cc1. The van der Waals surface area contributed by atoms with Gasteiger partial charge in [-0.25, -0.2) is 9.67 Å². The molecule has 0 unspecified atom stereocenters. The average molecular weight is 385 g/mol. The minimum Gasteiger partial charge on any atom is -0.497 e. The number of fused-ring (bicyclic) bond motifs is 1. The molecule has 0 amide bonds. The zero-order valence-electron chi connectivity index (χ0n) is 15.5. The highest BCUT2D eigenvalue weighted by molar-refractivity contribution is 7.12. The molecule has 28 heavy (non-hydrogen) atoms. The minimum absolute atomic E-state index is 0.847. The van der Waals surface area contributed by atoms with Crippen molar-refractivity contribution in [2.24, 2.45) is 0 Å². The van der Waals surface area contributed by atoms with Gasteiger partial charge < -0.3 is 4.74 Å². The number of aryl methyl sites for hydroxylation is 1. The van der Waals surface area contributed by atoms with E-state index in [0.717, 1.165) is 35.0 Å². The van der Waals surface area contributed by atoms with Gasteiger partial charge in [0.1, 0.15) is 5.75 Å². The van der Waals surface area contributed by atoms with Crippen LogP contribution in [0.3, 0.4) is 0 Å². The van der Waals surface area contributed by atoms with Crippen LogP contribution in [0, 0.1) is 0 Å². The van der Waals surface area contributed by atoms with Gasteiger partial charge in [0.05, 0.1) is 24.7 Å². The van der Waals surface area contributed by atoms with Gasteiger partial charge in [-0.1, -0.05) is 30.3 Å². The van der Waals surface area contributed by atoms with Gasteiger partial charge in [-0.05, 0) is 59.9 Å². The van der Waals surface area contributed by atoms with Crippen LogP contribution in [0.5, 0.6) is 5.75 Å². The summed E-state index contributed by atoms with van der Waals surface area (Å²) in [5, 5.41) is 7.62. The van der Waals surface area contributed by atoms with Crippen LogP contribution < -0.4 is 4.74 Å². The van der Waals surface area contributed by atoms with Crippen LogP contribution in [0.25, 0.3) is 28.0 Å². The van der Waals surface area contributed by atoms with Gasteiger partial charge in [0.2, 0.25) is 5.13 Å². The van der Waals surface area contributed by atoms with Gasteiger partial charge in [0.25, 0.3) is 0 Å². The predicted molar refractivity (Wildman–Crippen MR) is 114 cm³/mol. The maximum Gasteiger partial charge on any atom is 0.211 e. The standard InChI is InChI=1S/C23H19N3OS/c1-27-20-11-9-17(10-12-20)21-15-28-23(25-21)26-22-18(7-8-19(22)14-24-26)13-16-5-3-2-4-6-16/h2-6,9-15H,7-8H2,1H3/b18-13+. The third kappa shape index (κ3) is 3.04. The van der Waals surface area contributed by atoms with E-state index < -0.39 is 0 Å². The molecule has 2 aromatic heterocycles. The van der Waals surface area contributed by atoms with Gasteiger partial charge in [0, 0.05) is 10.9 Å². The van der Waals surface area contributed by atoms with Gasteiger partial charge in [-0.3, -0.25) is 0 Å². The number of thiazole rings is 1. The Balaban J connectivity index is 1.51. The zero-order chi connectivity index (χ0) is 18.9. The third-order valence-electron chi connectivity index (χ3n) is 5.01. The largest absolute Gasteiger partial charge is 0.497 e. The molecule has 1 aliphatic carbocycles. The molecule has 5 heteroatoms. The lowest BCUT2D eigenvalue weighted by molar-refractivity contribution is 0.415. The lowest BCUT2D eigenvalue weighted by Gasteiger charge is -2.05. The Hall–Kier alpha value is -3.18. The molecule has 138 valence electrons. The molecule has 4 nitrogen and oxygen atoms in total. The summed E-state index contributed by atoms with van der Waals surface area (Å²) in [6, 6.07) is 18.4. The zero-order valence-corrected chi connectivity index (χ0v) is 16.3. The number of hydrogen-bond acceptors (Lipinski definition) is 4. The molecular formula is C23H19N3OS. The first-order valence-corrected chi connectivity index (χ1v) is 10.1. The number of nitrogens with zero attached hydrogens (tertiary/aromatic N) is 3. The van der Waals surface area contributed by atoms with Crippen LogP contribution in [0.1, 0.15) is 23.2 Å². The molecule has 0 spiro atoms. The normalized spacial score (nSPS) is 14.4. The van der Waals surface area contributed by atoms with Crippen molar-refractivity contribution < 1.29 is 4.74 Å². The van der Waals surface area contributed by atoms with Crippen molar-refractivity contribution in [1.82, 2.24) is 14.8 Å². The Morgan fingerprint density at radius 2 is 1.86 bits per heavy atom. The second-order valence-electron chi connectivity index (χ2n) is 6.75. The number of allylic oxidation sites excluding steroid dienone is 1. The summed E-state index contributed by atoms with van der Waals surface area (Å²) in [7, 11) is 1.68. The fourth-order valence-corrected chi connectivity index (χ4v) is 4.38. The highest BCUT2D eigenvalue weighted by Gasteiger charge is 2.24. The van der Waals surface area contributed by atoms with Crippen LogP contribution in [0.2, 0.25) is 0 Å². The maximum atomic E-state index is 5.24. The van der Waals surface area contributed by atoms with Crippen LogP contribution in [-0.4, -0.2) is 21.9 Å². The van der Waals surface area contributed by atoms with Crippen LogP contribution in [0.15, 0.2) is 66.2 Å². The molecule has 1 aliphatic rings. The number of hydrogen-bond donors (Lipinski definition) is 0. The van der Waals surface area contributed by atoms with Crippen molar-refractivity contribution >= 4 is 23.0 Å². The fourth-order valence-electron chi connectivity index (χ4n) is 3.59. The van der Waals surface area contributed by atoms with Crippen LogP contribution in [0.4, 0.5) is 0 Å². The molecule has 5 rings (SSSR count). The van der Waals surface area contributed by atoms with E-state index in [1.807, 2.05) is 41.2 Å². The van der Waals surface area contributed by atoms with Gasteiger partial charge in [0.15, 0.2) is 0 Å². The molecule has 2 heterocycles. The monoisotopic (exact) mass is 385 g/mol. The first kappa shape index (κ1) is 17.0. The summed E-state index contributed by atoms with van der Waals surface area (Å²) in [6.45, 7) is 0. The van der Waals surface area contributed by atoms with E-state index in [4.69, 9.17) is 9.72 Å². The molecule has 0 atom stereocenters. The van der Waals surface area contributed by atoms with Gasteiger partial charge in [-0.15, -0.1) is 11.3 Å². The molecular weight excluding hydrogens is 366 g/mol. The summed E-state index contributed by atoms with van der Waals surface area (Å²) >= 11 is 1.62. The fraction of sp³-hybridized carbons (Fsp3) is 0.130. The Morgan fingerprint density at radius 1 is 1.04 bits per heavy atom. The Morgan fingerprint density at radius 3 is 2.64 bits per heavy atom. The molecule has 0 fully saturated rings. The van der Waals surface area contributed by atoms with E-state index in [1.165, 1.54) is 22.4 Å². The average Bonchev–Trinajstić information content (AvgIpc) is 3.46. The summed E-state index contributed by atoms with van der Waals surface area (Å²) in [4.78, 5) is 4.85. The van der Waals surface area contributed by atoms with Crippen molar-refractivity contribution in [1.29, 1.82) is 0 Å². The number of rotatable bonds is 4. The summed E-state index contributed by atoms with van der Waals surface area (Å²) in [6.07, 6.45) is 6.32. The highest BCUT2D eigenvalue weighted by Crippen LogP contribution is 2.36. The molecule has 2 aromatic carbocycles. The lowest BCUT2D eigenvalue weighted by atomic mass is 10.1. The molecule has 0 saturated carbocycles. The minimum atomic E-state index is 0.847. The van der Waals surface area contributed by atoms with Crippen LogP contribution in [-0.2, 0) is 6.42 Å². The van der Waals surface area contributed by atoms with Crippen molar-refractivity contribution in [2.45, 2.75) is 12.8 Å². The van der Waals surface area contributed by atoms with E-state index >= 15 is 0 Å². The second kappa shape index (κ2) is 7.09. The summed E-state index contributed by atoms with van der Waals surface area (Å²) in [5.41, 5.74) is 7.06. The number of benzene rings is 2. The number of methoxy groups -OCH3 is 1. The van der Waals surface area contributed by atoms with E-state index in [1.54, 1.807) is 18.4 Å². The number of aromatic nitrogens is 3. The Kier molecular flexibility index (Phi) is 4.29.